The summed E-state index contributed by atoms with van der Waals surface area (Å²) in [5.74, 6) is -1.09. The molecular weight excluding hydrogens is 160 g/mol. The van der Waals surface area contributed by atoms with E-state index in [0.717, 1.165) is 6.42 Å². The van der Waals surface area contributed by atoms with Crippen molar-refractivity contribution in [3.8, 4) is 0 Å². The zero-order chi connectivity index (χ0) is 8.82. The van der Waals surface area contributed by atoms with Gasteiger partial charge in [-0.05, 0) is 6.42 Å². The van der Waals surface area contributed by atoms with E-state index in [-0.39, 0.29) is 6.10 Å². The molecule has 1 spiro atoms. The SMILES string of the molecule is CCC(OC)C1(OC)OC12CO2. The maximum Gasteiger partial charge on any atom is 0.255 e. The molecule has 2 aliphatic heterocycles. The number of ether oxygens (including phenoxy) is 4. The zero-order valence-corrected chi connectivity index (χ0v) is 7.62. The summed E-state index contributed by atoms with van der Waals surface area (Å²) >= 11 is 0. The molecule has 2 fully saturated rings. The Balaban J connectivity index is 2.08. The summed E-state index contributed by atoms with van der Waals surface area (Å²) in [5.41, 5.74) is 0. The molecule has 2 aliphatic rings. The van der Waals surface area contributed by atoms with Crippen molar-refractivity contribution in [2.75, 3.05) is 20.8 Å². The van der Waals surface area contributed by atoms with Gasteiger partial charge in [0, 0.05) is 14.2 Å². The quantitative estimate of drug-likeness (QED) is 0.582. The van der Waals surface area contributed by atoms with Gasteiger partial charge in [-0.2, -0.15) is 0 Å². The smallest absolute Gasteiger partial charge is 0.255 e. The van der Waals surface area contributed by atoms with E-state index in [1.54, 1.807) is 14.2 Å². The molecule has 0 aromatic rings. The Hall–Kier alpha value is -0.160. The summed E-state index contributed by atoms with van der Waals surface area (Å²) < 4.78 is 21.2. The first-order valence-corrected chi connectivity index (χ1v) is 4.16. The van der Waals surface area contributed by atoms with Gasteiger partial charge in [0.15, 0.2) is 0 Å². The molecule has 2 rings (SSSR count). The minimum Gasteiger partial charge on any atom is -0.376 e. The van der Waals surface area contributed by atoms with Crippen molar-refractivity contribution in [3.05, 3.63) is 0 Å². The van der Waals surface area contributed by atoms with Crippen LogP contribution in [0.5, 0.6) is 0 Å². The number of rotatable bonds is 4. The van der Waals surface area contributed by atoms with Crippen LogP contribution in [0.3, 0.4) is 0 Å². The topological polar surface area (TPSA) is 43.5 Å². The van der Waals surface area contributed by atoms with E-state index >= 15 is 0 Å². The monoisotopic (exact) mass is 174 g/mol. The molecule has 3 atom stereocenters. The highest BCUT2D eigenvalue weighted by molar-refractivity contribution is 5.15. The third-order valence-electron chi connectivity index (χ3n) is 2.59. The molecular formula is C8H14O4. The van der Waals surface area contributed by atoms with Crippen LogP contribution in [0.2, 0.25) is 0 Å². The van der Waals surface area contributed by atoms with Crippen molar-refractivity contribution in [2.24, 2.45) is 0 Å². The molecule has 0 saturated carbocycles. The van der Waals surface area contributed by atoms with Crippen LogP contribution in [0, 0.1) is 0 Å². The summed E-state index contributed by atoms with van der Waals surface area (Å²) in [6.07, 6.45) is 0.820. The number of methoxy groups -OCH3 is 2. The van der Waals surface area contributed by atoms with E-state index in [1.807, 2.05) is 6.92 Å². The predicted octanol–water partition coefficient (Wildman–Crippen LogP) is 0.511. The van der Waals surface area contributed by atoms with Crippen LogP contribution >= 0.6 is 0 Å². The van der Waals surface area contributed by atoms with Crippen LogP contribution in [0.1, 0.15) is 13.3 Å². The van der Waals surface area contributed by atoms with E-state index in [1.165, 1.54) is 0 Å². The maximum atomic E-state index is 5.43. The van der Waals surface area contributed by atoms with Gasteiger partial charge in [-0.25, -0.2) is 0 Å². The first-order chi connectivity index (χ1) is 5.74. The molecule has 12 heavy (non-hydrogen) atoms. The van der Waals surface area contributed by atoms with Crippen LogP contribution in [-0.4, -0.2) is 38.5 Å². The minimum absolute atomic E-state index is 0.0370. The van der Waals surface area contributed by atoms with Gasteiger partial charge in [0.2, 0.25) is 0 Å². The molecule has 0 bridgehead atoms. The minimum atomic E-state index is -0.628. The lowest BCUT2D eigenvalue weighted by Gasteiger charge is -2.19. The van der Waals surface area contributed by atoms with E-state index in [9.17, 15) is 0 Å². The van der Waals surface area contributed by atoms with Crippen molar-refractivity contribution < 1.29 is 18.9 Å². The van der Waals surface area contributed by atoms with E-state index in [0.29, 0.717) is 6.61 Å². The summed E-state index contributed by atoms with van der Waals surface area (Å²) in [6, 6.07) is 0. The normalized spacial score (nSPS) is 46.2. The fourth-order valence-corrected chi connectivity index (χ4v) is 1.78. The summed E-state index contributed by atoms with van der Waals surface area (Å²) in [7, 11) is 3.28. The van der Waals surface area contributed by atoms with E-state index < -0.39 is 11.6 Å². The standard InChI is InChI=1S/C8H14O4/c1-4-6(9-2)8(10-3)7(12-8)5-11-7/h6H,4-5H2,1-3H3. The van der Waals surface area contributed by atoms with Gasteiger partial charge in [-0.1, -0.05) is 6.92 Å². The molecule has 0 aromatic carbocycles. The van der Waals surface area contributed by atoms with Crippen LogP contribution < -0.4 is 0 Å². The highest BCUT2D eigenvalue weighted by Gasteiger charge is 2.84. The zero-order valence-electron chi connectivity index (χ0n) is 7.62. The molecule has 2 heterocycles. The van der Waals surface area contributed by atoms with Crippen LogP contribution in [0.4, 0.5) is 0 Å². The van der Waals surface area contributed by atoms with Gasteiger partial charge in [-0.3, -0.25) is 0 Å². The second-order valence-corrected chi connectivity index (χ2v) is 3.15. The average Bonchev–Trinajstić information content (AvgIpc) is 2.97. The van der Waals surface area contributed by atoms with Crippen molar-refractivity contribution in [3.63, 3.8) is 0 Å². The van der Waals surface area contributed by atoms with E-state index in [2.05, 4.69) is 0 Å². The second-order valence-electron chi connectivity index (χ2n) is 3.15. The van der Waals surface area contributed by atoms with Gasteiger partial charge < -0.3 is 18.9 Å². The summed E-state index contributed by atoms with van der Waals surface area (Å²) in [4.78, 5) is 0. The Morgan fingerprint density at radius 1 is 1.50 bits per heavy atom. The van der Waals surface area contributed by atoms with Crippen molar-refractivity contribution in [2.45, 2.75) is 31.0 Å². The molecule has 0 N–H and O–H groups in total. The molecule has 4 heteroatoms. The fraction of sp³-hybridized carbons (Fsp3) is 1.00. The molecule has 0 radical (unpaired) electrons. The molecule has 0 amide bonds. The Morgan fingerprint density at radius 2 is 2.17 bits per heavy atom. The third-order valence-corrected chi connectivity index (χ3v) is 2.59. The highest BCUT2D eigenvalue weighted by Crippen LogP contribution is 2.61. The first-order valence-electron chi connectivity index (χ1n) is 4.16. The lowest BCUT2D eigenvalue weighted by molar-refractivity contribution is -0.115. The Kier molecular flexibility index (Phi) is 1.70. The fourth-order valence-electron chi connectivity index (χ4n) is 1.78. The lowest BCUT2D eigenvalue weighted by atomic mass is 10.1. The molecule has 4 nitrogen and oxygen atoms in total. The van der Waals surface area contributed by atoms with Crippen molar-refractivity contribution >= 4 is 0 Å². The van der Waals surface area contributed by atoms with Crippen LogP contribution in [0.15, 0.2) is 0 Å². The van der Waals surface area contributed by atoms with Crippen LogP contribution in [0.25, 0.3) is 0 Å². The lowest BCUT2D eigenvalue weighted by Crippen LogP contribution is -2.36. The average molecular weight is 174 g/mol. The first kappa shape index (κ1) is 8.44. The number of hydrogen-bond acceptors (Lipinski definition) is 4. The molecule has 70 valence electrons. The predicted molar refractivity (Wildman–Crippen MR) is 40.6 cm³/mol. The Labute approximate surface area is 71.7 Å². The van der Waals surface area contributed by atoms with Gasteiger partial charge >= 0.3 is 0 Å². The van der Waals surface area contributed by atoms with Gasteiger partial charge in [0.25, 0.3) is 11.6 Å². The highest BCUT2D eigenvalue weighted by atomic mass is 17.0. The number of hydrogen-bond donors (Lipinski definition) is 0. The van der Waals surface area contributed by atoms with Crippen molar-refractivity contribution in [1.29, 1.82) is 0 Å². The molecule has 3 unspecified atom stereocenters. The maximum absolute atomic E-state index is 5.43. The second kappa shape index (κ2) is 2.42. The van der Waals surface area contributed by atoms with Crippen molar-refractivity contribution in [1.82, 2.24) is 0 Å². The largest absolute Gasteiger partial charge is 0.376 e. The van der Waals surface area contributed by atoms with Gasteiger partial charge in [-0.15, -0.1) is 0 Å². The summed E-state index contributed by atoms with van der Waals surface area (Å²) in [5, 5.41) is 0. The molecule has 2 saturated heterocycles. The Bertz CT molecular complexity index is 185. The molecule has 0 aliphatic carbocycles. The molecule has 0 aromatic heterocycles. The third kappa shape index (κ3) is 0.808. The number of epoxide rings is 2. The van der Waals surface area contributed by atoms with Gasteiger partial charge in [0.05, 0.1) is 0 Å². The van der Waals surface area contributed by atoms with E-state index in [4.69, 9.17) is 18.9 Å². The van der Waals surface area contributed by atoms with Gasteiger partial charge in [0.1, 0.15) is 12.7 Å². The Morgan fingerprint density at radius 3 is 2.42 bits per heavy atom. The summed E-state index contributed by atoms with van der Waals surface area (Å²) in [6.45, 7) is 2.66. The van der Waals surface area contributed by atoms with Crippen LogP contribution in [-0.2, 0) is 18.9 Å².